The van der Waals surface area contributed by atoms with Crippen LogP contribution in [0.5, 0.6) is 5.75 Å². The van der Waals surface area contributed by atoms with Gasteiger partial charge in [0.2, 0.25) is 20.0 Å². The maximum Gasteiger partial charge on any atom is 0.261 e. The van der Waals surface area contributed by atoms with Crippen LogP contribution in [0.4, 0.5) is 17.1 Å². The fourth-order valence-electron chi connectivity index (χ4n) is 3.70. The van der Waals surface area contributed by atoms with Crippen LogP contribution in [0.25, 0.3) is 10.8 Å². The van der Waals surface area contributed by atoms with Crippen molar-refractivity contribution in [3.8, 4) is 5.75 Å². The second kappa shape index (κ2) is 10.1. The van der Waals surface area contributed by atoms with Crippen LogP contribution in [-0.2, 0) is 29.1 Å². The van der Waals surface area contributed by atoms with E-state index in [0.717, 1.165) is 12.3 Å². The van der Waals surface area contributed by atoms with Crippen molar-refractivity contribution >= 4 is 67.6 Å². The first-order chi connectivity index (χ1) is 17.2. The molecule has 0 amide bonds. The smallest absolute Gasteiger partial charge is 0.261 e. The molecule has 15 heteroatoms. The molecule has 3 aromatic rings. The van der Waals surface area contributed by atoms with Gasteiger partial charge in [-0.05, 0) is 70.0 Å². The second-order valence-electron chi connectivity index (χ2n) is 9.74. The number of fused-ring (bicyclic) bond motifs is 1. The second-order valence-corrected chi connectivity index (χ2v) is 15.7. The summed E-state index contributed by atoms with van der Waals surface area (Å²) in [4.78, 5) is -0.575. The van der Waals surface area contributed by atoms with Crippen molar-refractivity contribution in [3.63, 3.8) is 0 Å². The lowest BCUT2D eigenvalue weighted by atomic mass is 10.1. The quantitative estimate of drug-likeness (QED) is 0.253. The van der Waals surface area contributed by atoms with Crippen LogP contribution >= 0.6 is 10.7 Å². The van der Waals surface area contributed by atoms with E-state index in [-0.39, 0.29) is 32.7 Å². The number of rotatable bonds is 7. The molecule has 3 aromatic carbocycles. The molecule has 38 heavy (non-hydrogen) atoms. The molecule has 11 nitrogen and oxygen atoms in total. The Morgan fingerprint density at radius 3 is 2.03 bits per heavy atom. The molecule has 0 radical (unpaired) electrons. The highest BCUT2D eigenvalue weighted by molar-refractivity contribution is 8.13. The zero-order chi connectivity index (χ0) is 28.8. The molecule has 0 fully saturated rings. The summed E-state index contributed by atoms with van der Waals surface area (Å²) in [5, 5.41) is 19.5. The maximum absolute atomic E-state index is 13.2. The molecule has 0 spiro atoms. The Morgan fingerprint density at radius 2 is 1.47 bits per heavy atom. The number of azo groups is 1. The van der Waals surface area contributed by atoms with Gasteiger partial charge in [-0.1, -0.05) is 12.1 Å². The molecule has 0 aliphatic carbocycles. The van der Waals surface area contributed by atoms with Gasteiger partial charge in [0.25, 0.3) is 9.05 Å². The molecule has 0 aliphatic heterocycles. The van der Waals surface area contributed by atoms with Crippen molar-refractivity contribution in [2.45, 2.75) is 49.9 Å². The van der Waals surface area contributed by atoms with Gasteiger partial charge < -0.3 is 5.11 Å². The number of sulfonamides is 2. The van der Waals surface area contributed by atoms with E-state index in [1.54, 1.807) is 27.7 Å². The lowest BCUT2D eigenvalue weighted by molar-refractivity contribution is 0.458. The summed E-state index contributed by atoms with van der Waals surface area (Å²) in [6.45, 7) is 8.02. The van der Waals surface area contributed by atoms with Gasteiger partial charge in [0.05, 0.1) is 28.2 Å². The fraction of sp³-hybridized carbons (Fsp3) is 0.304. The number of anilines is 1. The molecule has 3 rings (SSSR count). The van der Waals surface area contributed by atoms with Crippen molar-refractivity contribution < 1.29 is 30.4 Å². The van der Waals surface area contributed by atoms with E-state index in [2.05, 4.69) is 19.7 Å². The first kappa shape index (κ1) is 29.8. The molecule has 0 heterocycles. The number of hydrogen-bond acceptors (Lipinski definition) is 9. The SMILES string of the molecule is Cc1cc(S(=O)(=O)Cl)c(C)cc1/N=N/c1cc(S(=O)(=O)NC(C)(C)C)c(O)c2cccc(NS(C)(=O)=O)c12. The number of halogens is 1. The van der Waals surface area contributed by atoms with E-state index in [4.69, 9.17) is 10.7 Å². The predicted octanol–water partition coefficient (Wildman–Crippen LogP) is 4.95. The number of aryl methyl sites for hydroxylation is 2. The monoisotopic (exact) mass is 602 g/mol. The van der Waals surface area contributed by atoms with Gasteiger partial charge in [-0.3, -0.25) is 4.72 Å². The van der Waals surface area contributed by atoms with Gasteiger partial charge in [0.15, 0.2) is 0 Å². The Bertz CT molecular complexity index is 1800. The summed E-state index contributed by atoms with van der Waals surface area (Å²) < 4.78 is 78.8. The molecular weight excluding hydrogens is 576 g/mol. The summed E-state index contributed by atoms with van der Waals surface area (Å²) >= 11 is 0. The normalized spacial score (nSPS) is 13.3. The van der Waals surface area contributed by atoms with Crippen LogP contribution in [0.2, 0.25) is 0 Å². The van der Waals surface area contributed by atoms with Gasteiger partial charge >= 0.3 is 0 Å². The van der Waals surface area contributed by atoms with Crippen molar-refractivity contribution in [1.82, 2.24) is 4.72 Å². The van der Waals surface area contributed by atoms with E-state index in [9.17, 15) is 30.4 Å². The number of benzene rings is 3. The van der Waals surface area contributed by atoms with Crippen LogP contribution in [0.3, 0.4) is 0 Å². The van der Waals surface area contributed by atoms with Gasteiger partial charge in [-0.15, -0.1) is 5.11 Å². The average Bonchev–Trinajstić information content (AvgIpc) is 2.71. The van der Waals surface area contributed by atoms with Crippen LogP contribution < -0.4 is 9.44 Å². The molecule has 3 N–H and O–H groups in total. The Hall–Kier alpha value is -2.78. The van der Waals surface area contributed by atoms with E-state index < -0.39 is 45.3 Å². The average molecular weight is 603 g/mol. The molecule has 0 atom stereocenters. The summed E-state index contributed by atoms with van der Waals surface area (Å²) in [5.74, 6) is -0.600. The summed E-state index contributed by atoms with van der Waals surface area (Å²) in [7, 11) is -6.52. The van der Waals surface area contributed by atoms with Gasteiger partial charge in [-0.25, -0.2) is 30.0 Å². The number of nitrogens with zero attached hydrogens (tertiary/aromatic N) is 2. The first-order valence-corrected chi connectivity index (χ1v) is 16.7. The maximum atomic E-state index is 13.2. The number of phenolic OH excluding ortho intramolecular Hbond substituents is 1. The molecule has 0 saturated heterocycles. The van der Waals surface area contributed by atoms with Gasteiger partial charge in [0.1, 0.15) is 10.6 Å². The molecular formula is C23H27ClN4O7S3. The largest absolute Gasteiger partial charge is 0.506 e. The Balaban J connectivity index is 2.35. The zero-order valence-corrected chi connectivity index (χ0v) is 24.6. The standard InChI is InChI=1S/C23H27ClN4O7S3/c1-13-11-19(37(24,32)33)14(2)10-17(13)25-26-18-12-20(38(34,35)28-23(3,4)5)22(29)15-8-7-9-16(21(15)18)27-36(6,30)31/h7-12,27-29H,1-6H3/b26-25+. The minimum atomic E-state index is -4.25. The highest BCUT2D eigenvalue weighted by atomic mass is 35.7. The van der Waals surface area contributed by atoms with E-state index >= 15 is 0 Å². The predicted molar refractivity (Wildman–Crippen MR) is 147 cm³/mol. The Labute approximate surface area is 226 Å². The molecule has 206 valence electrons. The lowest BCUT2D eigenvalue weighted by Crippen LogP contribution is -2.40. The third-order valence-corrected chi connectivity index (χ3v) is 8.95. The van der Waals surface area contributed by atoms with Crippen molar-refractivity contribution in [3.05, 3.63) is 47.5 Å². The Morgan fingerprint density at radius 1 is 0.868 bits per heavy atom. The summed E-state index contributed by atoms with van der Waals surface area (Å²) in [6, 6.07) is 8.17. The van der Waals surface area contributed by atoms with Crippen molar-refractivity contribution in [2.75, 3.05) is 11.0 Å². The number of aromatic hydroxyl groups is 1. The minimum absolute atomic E-state index is 0.0147. The number of nitrogens with one attached hydrogen (secondary N) is 2. The number of hydrogen-bond donors (Lipinski definition) is 3. The van der Waals surface area contributed by atoms with E-state index in [0.29, 0.717) is 11.1 Å². The van der Waals surface area contributed by atoms with Crippen molar-refractivity contribution in [2.24, 2.45) is 10.2 Å². The fourth-order valence-corrected chi connectivity index (χ4v) is 7.08. The van der Waals surface area contributed by atoms with Crippen LogP contribution in [0, 0.1) is 13.8 Å². The van der Waals surface area contributed by atoms with Crippen molar-refractivity contribution in [1.29, 1.82) is 0 Å². The topological polar surface area (TPSA) is 171 Å². The molecule has 0 aromatic heterocycles. The van der Waals surface area contributed by atoms with Crippen LogP contribution in [0.15, 0.2) is 56.4 Å². The third kappa shape index (κ3) is 6.80. The summed E-state index contributed by atoms with van der Waals surface area (Å²) in [6.07, 6.45) is 0.942. The molecule has 0 bridgehead atoms. The van der Waals surface area contributed by atoms with Gasteiger partial charge in [-0.2, -0.15) is 5.11 Å². The molecule has 0 unspecified atom stereocenters. The minimum Gasteiger partial charge on any atom is -0.506 e. The molecule has 0 saturated carbocycles. The highest BCUT2D eigenvalue weighted by Crippen LogP contribution is 2.43. The van der Waals surface area contributed by atoms with Gasteiger partial charge in [0, 0.05) is 27.0 Å². The zero-order valence-electron chi connectivity index (χ0n) is 21.4. The van der Waals surface area contributed by atoms with E-state index in [1.165, 1.54) is 37.3 Å². The number of phenols is 1. The molecule has 0 aliphatic rings. The van der Waals surface area contributed by atoms with E-state index in [1.807, 2.05) is 0 Å². The van der Waals surface area contributed by atoms with Crippen LogP contribution in [0.1, 0.15) is 31.9 Å². The van der Waals surface area contributed by atoms with Crippen LogP contribution in [-0.4, -0.2) is 42.2 Å². The Kier molecular flexibility index (Phi) is 7.89. The first-order valence-electron chi connectivity index (χ1n) is 11.0. The lowest BCUT2D eigenvalue weighted by Gasteiger charge is -2.21. The third-order valence-electron chi connectivity index (χ3n) is 5.12. The highest BCUT2D eigenvalue weighted by Gasteiger charge is 2.28. The summed E-state index contributed by atoms with van der Waals surface area (Å²) in [5.41, 5.74) is 0.0911.